The van der Waals surface area contributed by atoms with Crippen LogP contribution in [0.25, 0.3) is 32.4 Å². The SMILES string of the molecule is C=C(O)[C@@H](OCC)c1c(C)nc2sc3c(c2c1-c1ccc2ncn(C)c2c1)CCCC3. The van der Waals surface area contributed by atoms with Gasteiger partial charge in [0.15, 0.2) is 0 Å². The molecule has 1 aliphatic rings. The van der Waals surface area contributed by atoms with Gasteiger partial charge in [0.2, 0.25) is 0 Å². The molecule has 0 aliphatic heterocycles. The Balaban J connectivity index is 1.90. The number of aromatic nitrogens is 3. The molecule has 0 saturated carbocycles. The second-order valence-electron chi connectivity index (χ2n) is 8.26. The molecule has 1 aliphatic carbocycles. The first-order valence-corrected chi connectivity index (χ1v) is 11.7. The van der Waals surface area contributed by atoms with E-state index in [2.05, 4.69) is 29.8 Å². The van der Waals surface area contributed by atoms with E-state index in [1.54, 1.807) is 0 Å². The lowest BCUT2D eigenvalue weighted by Crippen LogP contribution is -2.12. The standard InChI is InChI=1S/C25H27N3O2S/c1-5-30-24(15(3)29)21-14(2)27-25-23(17-8-6-7-9-20(17)31-25)22(21)16-10-11-18-19(12-16)28(4)13-26-18/h10-13,24,29H,3,5-9H2,1-2,4H3/t24-/m1/s1. The molecule has 0 fully saturated rings. The molecule has 1 atom stereocenters. The highest BCUT2D eigenvalue weighted by Gasteiger charge is 2.29. The van der Waals surface area contributed by atoms with Crippen molar-refractivity contribution in [3.05, 3.63) is 58.6 Å². The molecule has 0 spiro atoms. The average molecular weight is 434 g/mol. The fourth-order valence-corrected chi connectivity index (χ4v) is 6.15. The van der Waals surface area contributed by atoms with Gasteiger partial charge in [0.1, 0.15) is 16.7 Å². The summed E-state index contributed by atoms with van der Waals surface area (Å²) < 4.78 is 8.03. The Morgan fingerprint density at radius 1 is 1.32 bits per heavy atom. The van der Waals surface area contributed by atoms with Crippen LogP contribution in [0.4, 0.5) is 0 Å². The maximum Gasteiger partial charge on any atom is 0.141 e. The topological polar surface area (TPSA) is 60.2 Å². The number of aliphatic hydroxyl groups excluding tert-OH is 1. The molecule has 0 bridgehead atoms. The molecule has 0 saturated heterocycles. The van der Waals surface area contributed by atoms with Crippen LogP contribution in [0, 0.1) is 6.92 Å². The molecular weight excluding hydrogens is 406 g/mol. The highest BCUT2D eigenvalue weighted by molar-refractivity contribution is 7.19. The van der Waals surface area contributed by atoms with E-state index in [0.717, 1.165) is 51.1 Å². The monoisotopic (exact) mass is 433 g/mol. The Kier molecular flexibility index (Phi) is 5.07. The number of ether oxygens (including phenoxy) is 1. The molecule has 160 valence electrons. The first-order valence-electron chi connectivity index (χ1n) is 10.8. The Hall–Kier alpha value is -2.70. The fourth-order valence-electron chi connectivity index (χ4n) is 4.83. The number of benzene rings is 1. The van der Waals surface area contributed by atoms with Crippen LogP contribution >= 0.6 is 11.3 Å². The van der Waals surface area contributed by atoms with Crippen LogP contribution in [0.1, 0.15) is 47.6 Å². The number of hydrogen-bond acceptors (Lipinski definition) is 5. The normalized spacial score (nSPS) is 14.8. The molecule has 3 heterocycles. The minimum atomic E-state index is -0.613. The highest BCUT2D eigenvalue weighted by atomic mass is 32.1. The average Bonchev–Trinajstić information content (AvgIpc) is 3.31. The van der Waals surface area contributed by atoms with Gasteiger partial charge in [-0.1, -0.05) is 12.6 Å². The van der Waals surface area contributed by atoms with Crippen LogP contribution < -0.4 is 0 Å². The van der Waals surface area contributed by atoms with Gasteiger partial charge >= 0.3 is 0 Å². The Morgan fingerprint density at radius 2 is 2.13 bits per heavy atom. The smallest absolute Gasteiger partial charge is 0.141 e. The van der Waals surface area contributed by atoms with Crippen molar-refractivity contribution in [2.75, 3.05) is 6.61 Å². The van der Waals surface area contributed by atoms with Gasteiger partial charge < -0.3 is 14.4 Å². The van der Waals surface area contributed by atoms with Gasteiger partial charge in [-0.3, -0.25) is 0 Å². The van der Waals surface area contributed by atoms with Crippen molar-refractivity contribution in [2.24, 2.45) is 7.05 Å². The molecule has 1 N–H and O–H groups in total. The van der Waals surface area contributed by atoms with Crippen LogP contribution in [0.3, 0.4) is 0 Å². The van der Waals surface area contributed by atoms with Gasteiger partial charge in [-0.15, -0.1) is 11.3 Å². The summed E-state index contributed by atoms with van der Waals surface area (Å²) in [5.41, 5.74) is 7.45. The number of nitrogens with zero attached hydrogens (tertiary/aromatic N) is 3. The number of rotatable bonds is 5. The molecule has 6 heteroatoms. The van der Waals surface area contributed by atoms with E-state index in [-0.39, 0.29) is 5.76 Å². The van der Waals surface area contributed by atoms with E-state index < -0.39 is 6.10 Å². The zero-order valence-electron chi connectivity index (χ0n) is 18.2. The molecule has 0 radical (unpaired) electrons. The summed E-state index contributed by atoms with van der Waals surface area (Å²) >= 11 is 1.82. The largest absolute Gasteiger partial charge is 0.510 e. The lowest BCUT2D eigenvalue weighted by Gasteiger charge is -2.23. The summed E-state index contributed by atoms with van der Waals surface area (Å²) in [4.78, 5) is 12.0. The van der Waals surface area contributed by atoms with Crippen molar-refractivity contribution in [3.8, 4) is 11.1 Å². The molecule has 0 amide bonds. The molecule has 0 unspecified atom stereocenters. The second kappa shape index (κ2) is 7.77. The Morgan fingerprint density at radius 3 is 2.90 bits per heavy atom. The predicted octanol–water partition coefficient (Wildman–Crippen LogP) is 6.19. The third-order valence-corrected chi connectivity index (χ3v) is 7.43. The Labute approximate surface area is 186 Å². The van der Waals surface area contributed by atoms with Gasteiger partial charge in [0.25, 0.3) is 0 Å². The molecular formula is C25H27N3O2S. The third kappa shape index (κ3) is 3.25. The summed E-state index contributed by atoms with van der Waals surface area (Å²) in [6, 6.07) is 6.39. The maximum atomic E-state index is 10.5. The minimum absolute atomic E-state index is 0.0121. The zero-order chi connectivity index (χ0) is 21.7. The van der Waals surface area contributed by atoms with Crippen molar-refractivity contribution in [3.63, 3.8) is 0 Å². The van der Waals surface area contributed by atoms with Gasteiger partial charge in [0.05, 0.1) is 17.4 Å². The van der Waals surface area contributed by atoms with E-state index in [9.17, 15) is 5.11 Å². The van der Waals surface area contributed by atoms with E-state index in [0.29, 0.717) is 6.61 Å². The fraction of sp³-hybridized carbons (Fsp3) is 0.360. The molecule has 31 heavy (non-hydrogen) atoms. The number of thiophene rings is 1. The quantitative estimate of drug-likeness (QED) is 0.381. The van der Waals surface area contributed by atoms with Crippen LogP contribution in [0.15, 0.2) is 36.9 Å². The van der Waals surface area contributed by atoms with Crippen LogP contribution in [-0.4, -0.2) is 26.2 Å². The van der Waals surface area contributed by atoms with E-state index in [4.69, 9.17) is 9.72 Å². The summed E-state index contributed by atoms with van der Waals surface area (Å²) in [7, 11) is 2.01. The maximum absolute atomic E-state index is 10.5. The van der Waals surface area contributed by atoms with Crippen molar-refractivity contribution >= 4 is 32.6 Å². The summed E-state index contributed by atoms with van der Waals surface area (Å²) in [6.45, 7) is 8.25. The number of aryl methyl sites for hydroxylation is 4. The molecule has 5 nitrogen and oxygen atoms in total. The van der Waals surface area contributed by atoms with Crippen LogP contribution in [0.2, 0.25) is 0 Å². The van der Waals surface area contributed by atoms with E-state index in [1.807, 2.05) is 43.1 Å². The first kappa shape index (κ1) is 20.2. The lowest BCUT2D eigenvalue weighted by molar-refractivity contribution is 0.0580. The number of aliphatic hydroxyl groups is 1. The van der Waals surface area contributed by atoms with Crippen molar-refractivity contribution in [2.45, 2.75) is 45.6 Å². The van der Waals surface area contributed by atoms with Crippen molar-refractivity contribution in [1.29, 1.82) is 0 Å². The van der Waals surface area contributed by atoms with Crippen LogP contribution in [0.5, 0.6) is 0 Å². The number of hydrogen-bond donors (Lipinski definition) is 1. The summed E-state index contributed by atoms with van der Waals surface area (Å²) in [5, 5.41) is 11.7. The van der Waals surface area contributed by atoms with Crippen molar-refractivity contribution < 1.29 is 9.84 Å². The van der Waals surface area contributed by atoms with Crippen molar-refractivity contribution in [1.82, 2.24) is 14.5 Å². The number of pyridine rings is 1. The minimum Gasteiger partial charge on any atom is -0.510 e. The molecule has 1 aromatic carbocycles. The number of imidazole rings is 1. The molecule has 3 aromatic heterocycles. The van der Waals surface area contributed by atoms with Gasteiger partial charge in [-0.2, -0.15) is 0 Å². The van der Waals surface area contributed by atoms with Crippen LogP contribution in [-0.2, 0) is 24.6 Å². The zero-order valence-corrected chi connectivity index (χ0v) is 19.1. The van der Waals surface area contributed by atoms with Gasteiger partial charge in [-0.05, 0) is 62.8 Å². The second-order valence-corrected chi connectivity index (χ2v) is 9.35. The predicted molar refractivity (Wildman–Crippen MR) is 127 cm³/mol. The lowest BCUT2D eigenvalue weighted by atomic mass is 9.87. The van der Waals surface area contributed by atoms with Gasteiger partial charge in [0, 0.05) is 40.7 Å². The summed E-state index contributed by atoms with van der Waals surface area (Å²) in [6.07, 6.45) is 5.85. The molecule has 4 aromatic rings. The molecule has 5 rings (SSSR count). The van der Waals surface area contributed by atoms with E-state index >= 15 is 0 Å². The highest BCUT2D eigenvalue weighted by Crippen LogP contribution is 2.46. The van der Waals surface area contributed by atoms with Gasteiger partial charge in [-0.25, -0.2) is 9.97 Å². The number of fused-ring (bicyclic) bond motifs is 4. The first-order chi connectivity index (χ1) is 15.0. The Bertz CT molecular complexity index is 1320. The summed E-state index contributed by atoms with van der Waals surface area (Å²) in [5.74, 6) is 0.0121. The van der Waals surface area contributed by atoms with E-state index in [1.165, 1.54) is 28.7 Å². The third-order valence-electron chi connectivity index (χ3n) is 6.24.